The number of amides is 2. The van der Waals surface area contributed by atoms with Crippen LogP contribution in [0.3, 0.4) is 0 Å². The number of nitrogens with zero attached hydrogens (tertiary/aromatic N) is 1. The van der Waals surface area contributed by atoms with E-state index in [1.165, 1.54) is 5.56 Å². The van der Waals surface area contributed by atoms with Crippen molar-refractivity contribution < 1.29 is 9.53 Å². The summed E-state index contributed by atoms with van der Waals surface area (Å²) in [6, 6.07) is 7.83. The number of hydrogen-bond acceptors (Lipinski definition) is 3. The summed E-state index contributed by atoms with van der Waals surface area (Å²) in [4.78, 5) is 13.4. The fourth-order valence-corrected chi connectivity index (χ4v) is 1.55. The molecule has 0 aliphatic carbocycles. The van der Waals surface area contributed by atoms with Gasteiger partial charge in [0.2, 0.25) is 0 Å². The summed E-state index contributed by atoms with van der Waals surface area (Å²) in [5.74, 6) is 0.867. The first-order chi connectivity index (χ1) is 9.58. The van der Waals surface area contributed by atoms with Crippen molar-refractivity contribution in [2.75, 3.05) is 40.3 Å². The molecule has 0 radical (unpaired) electrons. The lowest BCUT2D eigenvalue weighted by Crippen LogP contribution is -2.39. The van der Waals surface area contributed by atoms with Crippen LogP contribution in [0, 0.1) is 6.92 Å². The Morgan fingerprint density at radius 3 is 2.45 bits per heavy atom. The smallest absolute Gasteiger partial charge is 0.314 e. The first kappa shape index (κ1) is 16.3. The number of hydrogen-bond donors (Lipinski definition) is 2. The lowest BCUT2D eigenvalue weighted by atomic mass is 10.2. The van der Waals surface area contributed by atoms with E-state index < -0.39 is 0 Å². The van der Waals surface area contributed by atoms with Gasteiger partial charge in [0.25, 0.3) is 0 Å². The van der Waals surface area contributed by atoms with Crippen molar-refractivity contribution in [3.05, 3.63) is 29.8 Å². The molecule has 0 aliphatic rings. The molecule has 0 bridgehead atoms. The van der Waals surface area contributed by atoms with Crippen LogP contribution in [0.25, 0.3) is 0 Å². The zero-order valence-electron chi connectivity index (χ0n) is 12.6. The van der Waals surface area contributed by atoms with Crippen LogP contribution >= 0.6 is 0 Å². The molecule has 1 aromatic carbocycles. The van der Waals surface area contributed by atoms with E-state index in [-0.39, 0.29) is 6.03 Å². The van der Waals surface area contributed by atoms with Crippen molar-refractivity contribution in [3.63, 3.8) is 0 Å². The average molecular weight is 279 g/mol. The van der Waals surface area contributed by atoms with E-state index in [9.17, 15) is 4.79 Å². The lowest BCUT2D eigenvalue weighted by molar-refractivity contribution is 0.237. The van der Waals surface area contributed by atoms with Crippen LogP contribution in [-0.2, 0) is 0 Å². The van der Waals surface area contributed by atoms with Gasteiger partial charge >= 0.3 is 6.03 Å². The number of carbonyl (C=O) groups is 1. The van der Waals surface area contributed by atoms with Gasteiger partial charge in [0.05, 0.1) is 6.61 Å². The third-order valence-electron chi connectivity index (χ3n) is 2.74. The topological polar surface area (TPSA) is 53.6 Å². The van der Waals surface area contributed by atoms with Crippen LogP contribution in [0.1, 0.15) is 12.0 Å². The number of likely N-dealkylation sites (N-methyl/N-ethyl adjacent to an activating group) is 1. The monoisotopic (exact) mass is 279 g/mol. The minimum atomic E-state index is -0.123. The highest BCUT2D eigenvalue weighted by Gasteiger charge is 1.99. The van der Waals surface area contributed by atoms with Crippen LogP contribution < -0.4 is 15.4 Å². The number of ether oxygens (including phenoxy) is 1. The second-order valence-corrected chi connectivity index (χ2v) is 5.00. The SMILES string of the molecule is Cc1ccc(OCCCNC(=O)NCCN(C)C)cc1. The zero-order valence-corrected chi connectivity index (χ0v) is 12.6. The summed E-state index contributed by atoms with van der Waals surface area (Å²) < 4.78 is 5.58. The van der Waals surface area contributed by atoms with Crippen molar-refractivity contribution >= 4 is 6.03 Å². The predicted octanol–water partition coefficient (Wildman–Crippen LogP) is 1.62. The Kier molecular flexibility index (Phi) is 7.50. The number of rotatable bonds is 8. The Balaban J connectivity index is 2.01. The normalized spacial score (nSPS) is 10.4. The lowest BCUT2D eigenvalue weighted by Gasteiger charge is -2.11. The molecule has 0 atom stereocenters. The average Bonchev–Trinajstić information content (AvgIpc) is 2.40. The number of aryl methyl sites for hydroxylation is 1. The number of urea groups is 1. The van der Waals surface area contributed by atoms with Crippen molar-refractivity contribution in [3.8, 4) is 5.75 Å². The first-order valence-electron chi connectivity index (χ1n) is 6.94. The quantitative estimate of drug-likeness (QED) is 0.711. The second kappa shape index (κ2) is 9.20. The summed E-state index contributed by atoms with van der Waals surface area (Å²) in [5.41, 5.74) is 1.22. The molecular weight excluding hydrogens is 254 g/mol. The minimum absolute atomic E-state index is 0.123. The summed E-state index contributed by atoms with van der Waals surface area (Å²) in [7, 11) is 3.95. The summed E-state index contributed by atoms with van der Waals surface area (Å²) in [6.45, 7) is 4.74. The molecule has 0 heterocycles. The highest BCUT2D eigenvalue weighted by molar-refractivity contribution is 5.73. The molecule has 2 amide bonds. The van der Waals surface area contributed by atoms with Crippen LogP contribution in [-0.4, -0.2) is 51.3 Å². The van der Waals surface area contributed by atoms with Gasteiger partial charge in [0.15, 0.2) is 0 Å². The van der Waals surface area contributed by atoms with Crippen LogP contribution in [0.4, 0.5) is 4.79 Å². The van der Waals surface area contributed by atoms with Gasteiger partial charge in [-0.1, -0.05) is 17.7 Å². The highest BCUT2D eigenvalue weighted by Crippen LogP contribution is 2.11. The second-order valence-electron chi connectivity index (χ2n) is 5.00. The fourth-order valence-electron chi connectivity index (χ4n) is 1.55. The third kappa shape index (κ3) is 7.63. The molecule has 0 fully saturated rings. The zero-order chi connectivity index (χ0) is 14.8. The van der Waals surface area contributed by atoms with Crippen LogP contribution in [0.5, 0.6) is 5.75 Å². The molecule has 2 N–H and O–H groups in total. The Hall–Kier alpha value is -1.75. The largest absolute Gasteiger partial charge is 0.494 e. The van der Waals surface area contributed by atoms with E-state index in [2.05, 4.69) is 10.6 Å². The molecule has 0 aromatic heterocycles. The van der Waals surface area contributed by atoms with E-state index in [1.54, 1.807) is 0 Å². The summed E-state index contributed by atoms with van der Waals surface area (Å²) in [6.07, 6.45) is 0.787. The number of nitrogens with one attached hydrogen (secondary N) is 2. The maximum Gasteiger partial charge on any atom is 0.314 e. The molecule has 0 aliphatic heterocycles. The molecule has 0 saturated heterocycles. The van der Waals surface area contributed by atoms with Gasteiger partial charge < -0.3 is 20.3 Å². The van der Waals surface area contributed by atoms with E-state index in [0.29, 0.717) is 19.7 Å². The minimum Gasteiger partial charge on any atom is -0.494 e. The van der Waals surface area contributed by atoms with Gasteiger partial charge in [0.1, 0.15) is 5.75 Å². The molecule has 5 nitrogen and oxygen atoms in total. The molecule has 0 unspecified atom stereocenters. The molecule has 20 heavy (non-hydrogen) atoms. The molecule has 0 spiro atoms. The predicted molar refractivity (Wildman–Crippen MR) is 81.2 cm³/mol. The van der Waals surface area contributed by atoms with Gasteiger partial charge in [-0.15, -0.1) is 0 Å². The van der Waals surface area contributed by atoms with Crippen molar-refractivity contribution in [2.45, 2.75) is 13.3 Å². The number of carbonyl (C=O) groups excluding carboxylic acids is 1. The number of benzene rings is 1. The molecule has 112 valence electrons. The molecule has 5 heteroatoms. The van der Waals surface area contributed by atoms with Gasteiger partial charge in [-0.3, -0.25) is 0 Å². The van der Waals surface area contributed by atoms with Crippen LogP contribution in [0.2, 0.25) is 0 Å². The maximum atomic E-state index is 11.4. The van der Waals surface area contributed by atoms with E-state index >= 15 is 0 Å². The standard InChI is InChI=1S/C15H25N3O2/c1-13-5-7-14(8-6-13)20-12-4-9-16-15(19)17-10-11-18(2)3/h5-8H,4,9-12H2,1-3H3,(H2,16,17,19). The van der Waals surface area contributed by atoms with E-state index in [1.807, 2.05) is 50.2 Å². The third-order valence-corrected chi connectivity index (χ3v) is 2.74. The summed E-state index contributed by atoms with van der Waals surface area (Å²) >= 11 is 0. The van der Waals surface area contributed by atoms with E-state index in [4.69, 9.17) is 4.74 Å². The van der Waals surface area contributed by atoms with Gasteiger partial charge in [-0.2, -0.15) is 0 Å². The first-order valence-corrected chi connectivity index (χ1v) is 6.94. The Morgan fingerprint density at radius 1 is 1.15 bits per heavy atom. The Bertz CT molecular complexity index is 391. The fraction of sp³-hybridized carbons (Fsp3) is 0.533. The molecule has 1 aromatic rings. The Labute approximate surface area is 121 Å². The molecular formula is C15H25N3O2. The maximum absolute atomic E-state index is 11.4. The van der Waals surface area contributed by atoms with Crippen molar-refractivity contribution in [1.29, 1.82) is 0 Å². The highest BCUT2D eigenvalue weighted by atomic mass is 16.5. The molecule has 1 rings (SSSR count). The van der Waals surface area contributed by atoms with Gasteiger partial charge in [-0.25, -0.2) is 4.79 Å². The van der Waals surface area contributed by atoms with Crippen molar-refractivity contribution in [1.82, 2.24) is 15.5 Å². The van der Waals surface area contributed by atoms with Crippen LogP contribution in [0.15, 0.2) is 24.3 Å². The van der Waals surface area contributed by atoms with Gasteiger partial charge in [0, 0.05) is 19.6 Å². The van der Waals surface area contributed by atoms with Gasteiger partial charge in [-0.05, 0) is 39.6 Å². The van der Waals surface area contributed by atoms with E-state index in [0.717, 1.165) is 18.7 Å². The molecule has 0 saturated carbocycles. The van der Waals surface area contributed by atoms with Crippen molar-refractivity contribution in [2.24, 2.45) is 0 Å². The Morgan fingerprint density at radius 2 is 1.80 bits per heavy atom. The summed E-state index contributed by atoms with van der Waals surface area (Å²) in [5, 5.41) is 5.60.